The molecule has 3 aromatic heterocycles. The maximum Gasteiger partial charge on any atom is 0.247 e. The Hall–Kier alpha value is -3.07. The molecular weight excluding hydrogens is 416 g/mol. The molecule has 1 saturated carbocycles. The van der Waals surface area contributed by atoms with Gasteiger partial charge in [0.25, 0.3) is 0 Å². The quantitative estimate of drug-likeness (QED) is 0.655. The fourth-order valence-corrected chi connectivity index (χ4v) is 5.71. The first-order valence-corrected chi connectivity index (χ1v) is 12.1. The summed E-state index contributed by atoms with van der Waals surface area (Å²) in [6.45, 7) is 4.15. The van der Waals surface area contributed by atoms with Crippen LogP contribution in [-0.2, 0) is 5.41 Å². The van der Waals surface area contributed by atoms with E-state index in [0.717, 1.165) is 62.3 Å². The van der Waals surface area contributed by atoms with Crippen molar-refractivity contribution in [2.75, 3.05) is 43.4 Å². The highest BCUT2D eigenvalue weighted by Crippen LogP contribution is 2.47. The van der Waals surface area contributed by atoms with Crippen molar-refractivity contribution in [2.24, 2.45) is 0 Å². The van der Waals surface area contributed by atoms with Gasteiger partial charge in [-0.15, -0.1) is 0 Å². The molecule has 1 N–H and O–H groups in total. The van der Waals surface area contributed by atoms with E-state index in [-0.39, 0.29) is 11.3 Å². The van der Waals surface area contributed by atoms with Crippen molar-refractivity contribution < 1.29 is 4.79 Å². The first kappa shape index (κ1) is 20.5. The van der Waals surface area contributed by atoms with Gasteiger partial charge in [0.1, 0.15) is 16.9 Å². The molecule has 6 rings (SSSR count). The average molecular weight is 447 g/mol. The van der Waals surface area contributed by atoms with Crippen molar-refractivity contribution >= 4 is 34.4 Å². The maximum atomic E-state index is 12.7. The van der Waals surface area contributed by atoms with E-state index >= 15 is 0 Å². The number of rotatable bonds is 3. The van der Waals surface area contributed by atoms with Gasteiger partial charge in [0, 0.05) is 38.0 Å². The van der Waals surface area contributed by atoms with Crippen LogP contribution >= 0.6 is 0 Å². The third-order valence-electron chi connectivity index (χ3n) is 7.64. The molecule has 0 amide bonds. The number of pyridine rings is 1. The first-order chi connectivity index (χ1) is 16.1. The summed E-state index contributed by atoms with van der Waals surface area (Å²) in [6, 6.07) is 4.07. The third-order valence-corrected chi connectivity index (χ3v) is 7.64. The number of nitrogens with zero attached hydrogens (tertiary/aromatic N) is 7. The van der Waals surface area contributed by atoms with Gasteiger partial charge in [0.05, 0.1) is 23.8 Å². The van der Waals surface area contributed by atoms with E-state index in [1.54, 1.807) is 10.9 Å². The molecule has 0 radical (unpaired) electrons. The maximum absolute atomic E-state index is 12.7. The zero-order chi connectivity index (χ0) is 22.4. The molecule has 1 saturated heterocycles. The molecule has 0 aromatic carbocycles. The zero-order valence-electron chi connectivity index (χ0n) is 19.1. The minimum Gasteiger partial charge on any atom is -0.368 e. The van der Waals surface area contributed by atoms with Gasteiger partial charge < -0.3 is 15.1 Å². The Morgan fingerprint density at radius 3 is 2.55 bits per heavy atom. The van der Waals surface area contributed by atoms with Crippen LogP contribution in [0.5, 0.6) is 0 Å². The number of carbonyl (C=O) groups excluding carboxylic acids is 1. The van der Waals surface area contributed by atoms with Crippen molar-refractivity contribution in [1.29, 1.82) is 0 Å². The van der Waals surface area contributed by atoms with Gasteiger partial charge in [-0.05, 0) is 38.4 Å². The van der Waals surface area contributed by atoms with E-state index in [9.17, 15) is 4.79 Å². The van der Waals surface area contributed by atoms with E-state index < -0.39 is 0 Å². The molecule has 5 heterocycles. The fourth-order valence-electron chi connectivity index (χ4n) is 5.71. The molecule has 0 bridgehead atoms. The monoisotopic (exact) mass is 446 g/mol. The molecular formula is C24H30N8O. The molecule has 2 fully saturated rings. The van der Waals surface area contributed by atoms with Crippen molar-refractivity contribution in [2.45, 2.75) is 50.4 Å². The normalized spacial score (nSPS) is 20.9. The Morgan fingerprint density at radius 2 is 1.79 bits per heavy atom. The molecule has 1 aliphatic carbocycles. The standard InChI is InChI=1S/C24H30N8O/c1-30-11-13-31(14-12-30)17-5-6-19(25-15-17)27-23-26-16-18-21(28-23)22-24(8-3-2-4-9-24)10-7-20(33)32(22)29-18/h5-6,15-16H,2-4,7-14H2,1H3,(H,25,27,28). The van der Waals surface area contributed by atoms with Crippen LogP contribution in [0.25, 0.3) is 11.0 Å². The summed E-state index contributed by atoms with van der Waals surface area (Å²) in [5, 5.41) is 7.84. The number of nitrogens with one attached hydrogen (secondary N) is 1. The summed E-state index contributed by atoms with van der Waals surface area (Å²) in [5.41, 5.74) is 3.63. The summed E-state index contributed by atoms with van der Waals surface area (Å²) in [5.74, 6) is 1.26. The average Bonchev–Trinajstić information content (AvgIpc) is 3.24. The minimum atomic E-state index is 0.00887. The molecule has 1 spiro atoms. The van der Waals surface area contributed by atoms with E-state index in [2.05, 4.69) is 43.3 Å². The molecule has 9 heteroatoms. The van der Waals surface area contributed by atoms with Gasteiger partial charge in [-0.25, -0.2) is 19.6 Å². The van der Waals surface area contributed by atoms with Crippen LogP contribution in [0.3, 0.4) is 0 Å². The topological polar surface area (TPSA) is 92.1 Å². The molecule has 0 unspecified atom stereocenters. The van der Waals surface area contributed by atoms with Gasteiger partial charge in [-0.2, -0.15) is 5.10 Å². The van der Waals surface area contributed by atoms with Crippen LogP contribution in [0.15, 0.2) is 24.5 Å². The van der Waals surface area contributed by atoms with Crippen molar-refractivity contribution in [1.82, 2.24) is 29.6 Å². The van der Waals surface area contributed by atoms with Crippen LogP contribution in [0.2, 0.25) is 0 Å². The van der Waals surface area contributed by atoms with Gasteiger partial charge in [0.15, 0.2) is 0 Å². The van der Waals surface area contributed by atoms with Crippen molar-refractivity contribution in [3.05, 3.63) is 30.2 Å². The van der Waals surface area contributed by atoms with Gasteiger partial charge >= 0.3 is 0 Å². The lowest BCUT2D eigenvalue weighted by molar-refractivity contribution is 0.0811. The Bertz CT molecular complexity index is 1170. The molecule has 3 aliphatic rings. The zero-order valence-corrected chi connectivity index (χ0v) is 19.1. The highest BCUT2D eigenvalue weighted by molar-refractivity contribution is 5.89. The minimum absolute atomic E-state index is 0.00887. The smallest absolute Gasteiger partial charge is 0.247 e. The number of hydrogen-bond acceptors (Lipinski definition) is 8. The van der Waals surface area contributed by atoms with Crippen LogP contribution in [0, 0.1) is 0 Å². The van der Waals surface area contributed by atoms with Crippen LogP contribution in [0.1, 0.15) is 55.4 Å². The van der Waals surface area contributed by atoms with E-state index in [0.29, 0.717) is 23.7 Å². The summed E-state index contributed by atoms with van der Waals surface area (Å²) in [4.78, 5) is 31.3. The van der Waals surface area contributed by atoms with Crippen LogP contribution in [-0.4, -0.2) is 68.8 Å². The molecule has 172 valence electrons. The summed E-state index contributed by atoms with van der Waals surface area (Å²) < 4.78 is 1.63. The number of fused-ring (bicyclic) bond motifs is 4. The molecule has 9 nitrogen and oxygen atoms in total. The molecule has 2 aliphatic heterocycles. The fraction of sp³-hybridized carbons (Fsp3) is 0.542. The second kappa shape index (κ2) is 8.06. The van der Waals surface area contributed by atoms with E-state index in [4.69, 9.17) is 4.98 Å². The Labute approximate surface area is 193 Å². The number of aromatic nitrogens is 5. The number of anilines is 3. The van der Waals surface area contributed by atoms with E-state index in [1.807, 2.05) is 12.3 Å². The lowest BCUT2D eigenvalue weighted by atomic mass is 9.67. The molecule has 3 aromatic rings. The third kappa shape index (κ3) is 3.64. The number of piperazine rings is 1. The Morgan fingerprint density at radius 1 is 0.970 bits per heavy atom. The van der Waals surface area contributed by atoms with Gasteiger partial charge in [-0.3, -0.25) is 4.79 Å². The van der Waals surface area contributed by atoms with Crippen molar-refractivity contribution in [3.63, 3.8) is 0 Å². The second-order valence-corrected chi connectivity index (χ2v) is 9.74. The predicted molar refractivity (Wildman–Crippen MR) is 127 cm³/mol. The lowest BCUT2D eigenvalue weighted by Crippen LogP contribution is -2.44. The Kier molecular flexibility index (Phi) is 5.01. The van der Waals surface area contributed by atoms with Gasteiger partial charge in [-0.1, -0.05) is 19.3 Å². The van der Waals surface area contributed by atoms with Gasteiger partial charge in [0.2, 0.25) is 11.9 Å². The van der Waals surface area contributed by atoms with Crippen LogP contribution in [0.4, 0.5) is 17.5 Å². The summed E-state index contributed by atoms with van der Waals surface area (Å²) in [7, 11) is 2.16. The molecule has 0 atom stereocenters. The van der Waals surface area contributed by atoms with E-state index in [1.165, 1.54) is 19.3 Å². The Balaban J connectivity index is 1.29. The lowest BCUT2D eigenvalue weighted by Gasteiger charge is -2.40. The number of likely N-dealkylation sites (N-methyl/N-ethyl adjacent to an activating group) is 1. The SMILES string of the molecule is CN1CCN(c2ccc(Nc3ncc4nn5c(c4n3)C3(CCCCC3)CCC5=O)nc2)CC1. The largest absolute Gasteiger partial charge is 0.368 e. The van der Waals surface area contributed by atoms with Crippen LogP contribution < -0.4 is 10.2 Å². The summed E-state index contributed by atoms with van der Waals surface area (Å²) in [6.07, 6.45) is 10.9. The highest BCUT2D eigenvalue weighted by atomic mass is 16.2. The number of carbonyl (C=O) groups is 1. The first-order valence-electron chi connectivity index (χ1n) is 12.1. The number of hydrogen-bond donors (Lipinski definition) is 1. The summed E-state index contributed by atoms with van der Waals surface area (Å²) >= 11 is 0. The predicted octanol–water partition coefficient (Wildman–Crippen LogP) is 3.35. The van der Waals surface area contributed by atoms with Crippen molar-refractivity contribution in [3.8, 4) is 0 Å². The second-order valence-electron chi connectivity index (χ2n) is 9.74. The molecule has 33 heavy (non-hydrogen) atoms. The highest BCUT2D eigenvalue weighted by Gasteiger charge is 2.43.